The summed E-state index contributed by atoms with van der Waals surface area (Å²) in [6.07, 6.45) is 0. The molecule has 18 heavy (non-hydrogen) atoms. The van der Waals surface area contributed by atoms with Crippen LogP contribution >= 0.6 is 0 Å². The lowest BCUT2D eigenvalue weighted by molar-refractivity contribution is 0.0943. The average Bonchev–Trinajstić information content (AvgIpc) is 2.75. The van der Waals surface area contributed by atoms with E-state index < -0.39 is 5.82 Å². The largest absolute Gasteiger partial charge is 0.352 e. The van der Waals surface area contributed by atoms with Gasteiger partial charge in [-0.2, -0.15) is 0 Å². The first-order valence-corrected chi connectivity index (χ1v) is 6.10. The number of rotatable bonds is 3. The maximum atomic E-state index is 13.5. The lowest BCUT2D eigenvalue weighted by Gasteiger charge is -2.14. The van der Waals surface area contributed by atoms with Crippen LogP contribution in [-0.2, 0) is 0 Å². The van der Waals surface area contributed by atoms with Gasteiger partial charge < -0.3 is 5.32 Å². The Labute approximate surface area is 106 Å². The minimum atomic E-state index is -0.478. The molecule has 0 saturated carbocycles. The molecule has 98 valence electrons. The Hall–Kier alpha value is -1.46. The van der Waals surface area contributed by atoms with E-state index >= 15 is 0 Å². The Morgan fingerprint density at radius 1 is 1.56 bits per heavy atom. The molecule has 0 bridgehead atoms. The number of halogens is 1. The molecule has 0 aromatic heterocycles. The topological polar surface area (TPSA) is 53.2 Å². The lowest BCUT2D eigenvalue weighted by atomic mass is 10.0. The van der Waals surface area contributed by atoms with Crippen LogP contribution in [0.25, 0.3) is 0 Å². The Morgan fingerprint density at radius 3 is 3.00 bits per heavy atom. The highest BCUT2D eigenvalue weighted by Gasteiger charge is 2.23. The first-order valence-electron chi connectivity index (χ1n) is 6.10. The van der Waals surface area contributed by atoms with Crippen molar-refractivity contribution in [1.82, 2.24) is 16.2 Å². The molecule has 2 unspecified atom stereocenters. The monoisotopic (exact) mass is 251 g/mol. The van der Waals surface area contributed by atoms with Crippen molar-refractivity contribution >= 4 is 5.91 Å². The third-order valence-electron chi connectivity index (χ3n) is 3.29. The van der Waals surface area contributed by atoms with Crippen LogP contribution in [-0.4, -0.2) is 25.0 Å². The summed E-state index contributed by atoms with van der Waals surface area (Å²) in [5, 5.41) is 2.78. The minimum absolute atomic E-state index is 0.113. The van der Waals surface area contributed by atoms with Crippen LogP contribution in [0.5, 0.6) is 0 Å². The van der Waals surface area contributed by atoms with Gasteiger partial charge in [0.05, 0.1) is 5.56 Å². The van der Waals surface area contributed by atoms with Gasteiger partial charge in [-0.05, 0) is 26.0 Å². The van der Waals surface area contributed by atoms with Gasteiger partial charge in [0.25, 0.3) is 5.91 Å². The van der Waals surface area contributed by atoms with E-state index in [0.29, 0.717) is 18.5 Å². The van der Waals surface area contributed by atoms with Crippen LogP contribution in [0.3, 0.4) is 0 Å². The molecule has 0 radical (unpaired) electrons. The van der Waals surface area contributed by atoms with Crippen molar-refractivity contribution in [2.24, 2.45) is 5.92 Å². The van der Waals surface area contributed by atoms with E-state index in [1.165, 1.54) is 6.07 Å². The SMILES string of the molecule is Cc1ccc(F)c(C(=O)NCC2CNNC2C)c1. The fourth-order valence-electron chi connectivity index (χ4n) is 2.03. The number of carbonyl (C=O) groups is 1. The molecule has 2 rings (SSSR count). The molecule has 1 amide bonds. The highest BCUT2D eigenvalue weighted by molar-refractivity contribution is 5.94. The van der Waals surface area contributed by atoms with Crippen LogP contribution < -0.4 is 16.2 Å². The van der Waals surface area contributed by atoms with Crippen molar-refractivity contribution in [2.45, 2.75) is 19.9 Å². The molecular formula is C13H18FN3O. The molecule has 1 heterocycles. The Bertz CT molecular complexity index is 450. The Morgan fingerprint density at radius 2 is 2.33 bits per heavy atom. The number of benzene rings is 1. The third kappa shape index (κ3) is 2.86. The molecular weight excluding hydrogens is 233 g/mol. The summed E-state index contributed by atoms with van der Waals surface area (Å²) in [4.78, 5) is 11.9. The quantitative estimate of drug-likeness (QED) is 0.750. The summed E-state index contributed by atoms with van der Waals surface area (Å²) in [6.45, 7) is 5.22. The lowest BCUT2D eigenvalue weighted by Crippen LogP contribution is -2.35. The van der Waals surface area contributed by atoms with E-state index in [0.717, 1.165) is 12.1 Å². The van der Waals surface area contributed by atoms with Crippen molar-refractivity contribution in [2.75, 3.05) is 13.1 Å². The van der Waals surface area contributed by atoms with Gasteiger partial charge in [-0.15, -0.1) is 0 Å². The fraction of sp³-hybridized carbons (Fsp3) is 0.462. The number of amides is 1. The molecule has 2 atom stereocenters. The van der Waals surface area contributed by atoms with Gasteiger partial charge in [0.2, 0.25) is 0 Å². The van der Waals surface area contributed by atoms with E-state index in [-0.39, 0.29) is 11.5 Å². The predicted octanol–water partition coefficient (Wildman–Crippen LogP) is 0.976. The van der Waals surface area contributed by atoms with Crippen LogP contribution in [0.2, 0.25) is 0 Å². The summed E-state index contributed by atoms with van der Waals surface area (Å²) < 4.78 is 13.5. The van der Waals surface area contributed by atoms with Crippen LogP contribution in [0.15, 0.2) is 18.2 Å². The molecule has 1 saturated heterocycles. The minimum Gasteiger partial charge on any atom is -0.352 e. The van der Waals surface area contributed by atoms with Gasteiger partial charge in [-0.3, -0.25) is 15.6 Å². The second kappa shape index (κ2) is 5.46. The molecule has 1 aliphatic heterocycles. The van der Waals surface area contributed by atoms with Crippen molar-refractivity contribution in [3.63, 3.8) is 0 Å². The number of hydrazine groups is 1. The fourth-order valence-corrected chi connectivity index (χ4v) is 2.03. The van der Waals surface area contributed by atoms with E-state index in [1.54, 1.807) is 12.1 Å². The Kier molecular flexibility index (Phi) is 3.93. The van der Waals surface area contributed by atoms with Gasteiger partial charge in [-0.25, -0.2) is 4.39 Å². The zero-order valence-electron chi connectivity index (χ0n) is 10.6. The van der Waals surface area contributed by atoms with Crippen LogP contribution in [0.4, 0.5) is 4.39 Å². The van der Waals surface area contributed by atoms with Crippen molar-refractivity contribution < 1.29 is 9.18 Å². The summed E-state index contributed by atoms with van der Waals surface area (Å²) >= 11 is 0. The molecule has 0 aliphatic carbocycles. The normalized spacial score (nSPS) is 23.1. The highest BCUT2D eigenvalue weighted by atomic mass is 19.1. The van der Waals surface area contributed by atoms with Crippen LogP contribution in [0.1, 0.15) is 22.8 Å². The number of nitrogens with one attached hydrogen (secondary N) is 3. The molecule has 1 aromatic carbocycles. The highest BCUT2D eigenvalue weighted by Crippen LogP contribution is 2.11. The summed E-state index contributed by atoms with van der Waals surface area (Å²) in [5.74, 6) is -0.508. The summed E-state index contributed by atoms with van der Waals surface area (Å²) in [6, 6.07) is 4.84. The second-order valence-electron chi connectivity index (χ2n) is 4.77. The molecule has 1 aliphatic rings. The van der Waals surface area contributed by atoms with Crippen molar-refractivity contribution in [3.05, 3.63) is 35.1 Å². The number of hydrogen-bond acceptors (Lipinski definition) is 3. The maximum absolute atomic E-state index is 13.5. The van der Waals surface area contributed by atoms with Gasteiger partial charge in [-0.1, -0.05) is 11.6 Å². The molecule has 3 N–H and O–H groups in total. The van der Waals surface area contributed by atoms with E-state index in [9.17, 15) is 9.18 Å². The van der Waals surface area contributed by atoms with Gasteiger partial charge in [0, 0.05) is 25.0 Å². The molecule has 4 nitrogen and oxygen atoms in total. The molecule has 1 aromatic rings. The van der Waals surface area contributed by atoms with Crippen molar-refractivity contribution in [3.8, 4) is 0 Å². The number of carbonyl (C=O) groups excluding carboxylic acids is 1. The predicted molar refractivity (Wildman–Crippen MR) is 67.6 cm³/mol. The molecule has 0 spiro atoms. The zero-order chi connectivity index (χ0) is 13.1. The average molecular weight is 251 g/mol. The van der Waals surface area contributed by atoms with Gasteiger partial charge in [0.15, 0.2) is 0 Å². The maximum Gasteiger partial charge on any atom is 0.254 e. The second-order valence-corrected chi connectivity index (χ2v) is 4.77. The van der Waals surface area contributed by atoms with Gasteiger partial charge in [0.1, 0.15) is 5.82 Å². The van der Waals surface area contributed by atoms with Crippen molar-refractivity contribution in [1.29, 1.82) is 0 Å². The first kappa shape index (κ1) is 13.0. The van der Waals surface area contributed by atoms with E-state index in [2.05, 4.69) is 16.2 Å². The number of hydrogen-bond donors (Lipinski definition) is 3. The van der Waals surface area contributed by atoms with E-state index in [4.69, 9.17) is 0 Å². The smallest absolute Gasteiger partial charge is 0.254 e. The summed E-state index contributed by atoms with van der Waals surface area (Å²) in [7, 11) is 0. The summed E-state index contributed by atoms with van der Waals surface area (Å²) in [5.41, 5.74) is 7.10. The van der Waals surface area contributed by atoms with Crippen LogP contribution in [0, 0.1) is 18.7 Å². The van der Waals surface area contributed by atoms with Gasteiger partial charge >= 0.3 is 0 Å². The number of aryl methyl sites for hydroxylation is 1. The molecule has 5 heteroatoms. The van der Waals surface area contributed by atoms with E-state index in [1.807, 2.05) is 13.8 Å². The first-order chi connectivity index (χ1) is 8.58. The standard InChI is InChI=1S/C13H18FN3O/c1-8-3-4-12(14)11(5-8)13(18)15-6-10-7-16-17-9(10)2/h3-5,9-10,16-17H,6-7H2,1-2H3,(H,15,18). The Balaban J connectivity index is 1.97. The third-order valence-corrected chi connectivity index (χ3v) is 3.29. The molecule has 1 fully saturated rings. The zero-order valence-corrected chi connectivity index (χ0v) is 10.6.